The number of carbonyl (C=O) groups is 1. The molecular formula is C23H23FN4O2. The van der Waals surface area contributed by atoms with Gasteiger partial charge in [0.2, 0.25) is 5.91 Å². The number of hydrogen-bond acceptors (Lipinski definition) is 4. The predicted octanol–water partition coefficient (Wildman–Crippen LogP) is 3.44. The minimum absolute atomic E-state index is 0.0531. The SMILES string of the molecule is Cc1cc(-c2c(-c3ccc(F)cc3)nn3c2CN(C(=O)C2CCOC2)CC3)ccn1. The first kappa shape index (κ1) is 18.9. The van der Waals surface area contributed by atoms with Crippen molar-refractivity contribution in [2.24, 2.45) is 5.92 Å². The Morgan fingerprint density at radius 2 is 2.00 bits per heavy atom. The van der Waals surface area contributed by atoms with Gasteiger partial charge in [-0.25, -0.2) is 4.39 Å². The first-order valence-corrected chi connectivity index (χ1v) is 10.3. The van der Waals surface area contributed by atoms with Crippen LogP contribution in [0.2, 0.25) is 0 Å². The fraction of sp³-hybridized carbons (Fsp3) is 0.348. The summed E-state index contributed by atoms with van der Waals surface area (Å²) in [5, 5.41) is 4.86. The molecule has 0 bridgehead atoms. The zero-order valence-corrected chi connectivity index (χ0v) is 16.8. The van der Waals surface area contributed by atoms with Crippen molar-refractivity contribution in [3.8, 4) is 22.4 Å². The van der Waals surface area contributed by atoms with E-state index in [1.807, 2.05) is 28.6 Å². The molecule has 1 aromatic carbocycles. The van der Waals surface area contributed by atoms with Crippen LogP contribution in [0.1, 0.15) is 17.8 Å². The third kappa shape index (κ3) is 3.39. The third-order valence-corrected chi connectivity index (χ3v) is 5.87. The lowest BCUT2D eigenvalue weighted by Gasteiger charge is -2.30. The van der Waals surface area contributed by atoms with E-state index >= 15 is 0 Å². The number of fused-ring (bicyclic) bond motifs is 1. The molecule has 2 aromatic heterocycles. The molecule has 5 rings (SSSR count). The number of aryl methyl sites for hydroxylation is 1. The molecule has 1 atom stereocenters. The van der Waals surface area contributed by atoms with E-state index in [2.05, 4.69) is 4.98 Å². The highest BCUT2D eigenvalue weighted by molar-refractivity contribution is 5.84. The van der Waals surface area contributed by atoms with Crippen molar-refractivity contribution in [2.45, 2.75) is 26.4 Å². The van der Waals surface area contributed by atoms with Crippen molar-refractivity contribution in [2.75, 3.05) is 19.8 Å². The van der Waals surface area contributed by atoms with Crippen LogP contribution in [0.3, 0.4) is 0 Å². The number of ether oxygens (including phenoxy) is 1. The second-order valence-electron chi connectivity index (χ2n) is 7.91. The Bertz CT molecular complexity index is 1090. The molecule has 154 valence electrons. The summed E-state index contributed by atoms with van der Waals surface area (Å²) in [6.07, 6.45) is 2.57. The van der Waals surface area contributed by atoms with E-state index in [9.17, 15) is 9.18 Å². The van der Waals surface area contributed by atoms with Crippen molar-refractivity contribution < 1.29 is 13.9 Å². The maximum atomic E-state index is 13.5. The van der Waals surface area contributed by atoms with E-state index in [0.29, 0.717) is 32.8 Å². The van der Waals surface area contributed by atoms with Gasteiger partial charge in [0.05, 0.1) is 31.3 Å². The molecule has 1 unspecified atom stereocenters. The smallest absolute Gasteiger partial charge is 0.228 e. The van der Waals surface area contributed by atoms with Gasteiger partial charge in [-0.15, -0.1) is 0 Å². The van der Waals surface area contributed by atoms with E-state index in [1.165, 1.54) is 12.1 Å². The maximum Gasteiger partial charge on any atom is 0.228 e. The van der Waals surface area contributed by atoms with Crippen LogP contribution in [0.4, 0.5) is 4.39 Å². The van der Waals surface area contributed by atoms with Crippen LogP contribution in [0, 0.1) is 18.7 Å². The molecule has 1 saturated heterocycles. The highest BCUT2D eigenvalue weighted by Crippen LogP contribution is 2.37. The van der Waals surface area contributed by atoms with Gasteiger partial charge in [0.25, 0.3) is 0 Å². The zero-order valence-electron chi connectivity index (χ0n) is 16.8. The first-order chi connectivity index (χ1) is 14.6. The molecule has 4 heterocycles. The van der Waals surface area contributed by atoms with Gasteiger partial charge in [0.1, 0.15) is 11.5 Å². The fourth-order valence-electron chi connectivity index (χ4n) is 4.31. The van der Waals surface area contributed by atoms with E-state index < -0.39 is 0 Å². The number of hydrogen-bond donors (Lipinski definition) is 0. The van der Waals surface area contributed by atoms with Crippen LogP contribution in [0.15, 0.2) is 42.6 Å². The number of nitrogens with zero attached hydrogens (tertiary/aromatic N) is 4. The molecule has 1 amide bonds. The molecule has 0 saturated carbocycles. The number of aromatic nitrogens is 3. The predicted molar refractivity (Wildman–Crippen MR) is 110 cm³/mol. The van der Waals surface area contributed by atoms with Crippen molar-refractivity contribution >= 4 is 5.91 Å². The topological polar surface area (TPSA) is 60.2 Å². The van der Waals surface area contributed by atoms with Crippen LogP contribution in [0.5, 0.6) is 0 Å². The van der Waals surface area contributed by atoms with Crippen molar-refractivity contribution in [3.63, 3.8) is 0 Å². The monoisotopic (exact) mass is 406 g/mol. The maximum absolute atomic E-state index is 13.5. The average molecular weight is 406 g/mol. The van der Waals surface area contributed by atoms with E-state index in [1.54, 1.807) is 18.3 Å². The van der Waals surface area contributed by atoms with Gasteiger partial charge < -0.3 is 9.64 Å². The van der Waals surface area contributed by atoms with E-state index in [0.717, 1.165) is 40.2 Å². The first-order valence-electron chi connectivity index (χ1n) is 10.3. The van der Waals surface area contributed by atoms with Crippen molar-refractivity contribution in [3.05, 3.63) is 59.8 Å². The van der Waals surface area contributed by atoms with Crippen molar-refractivity contribution in [1.82, 2.24) is 19.7 Å². The van der Waals surface area contributed by atoms with Gasteiger partial charge in [-0.3, -0.25) is 14.5 Å². The average Bonchev–Trinajstić information content (AvgIpc) is 3.41. The summed E-state index contributed by atoms with van der Waals surface area (Å²) in [6, 6.07) is 10.4. The van der Waals surface area contributed by atoms with Gasteiger partial charge in [0, 0.05) is 36.2 Å². The summed E-state index contributed by atoms with van der Waals surface area (Å²) < 4.78 is 20.9. The minimum Gasteiger partial charge on any atom is -0.381 e. The quantitative estimate of drug-likeness (QED) is 0.669. The molecular weight excluding hydrogens is 383 g/mol. The van der Waals surface area contributed by atoms with Crippen LogP contribution < -0.4 is 0 Å². The van der Waals surface area contributed by atoms with E-state index in [-0.39, 0.29) is 17.6 Å². The third-order valence-electron chi connectivity index (χ3n) is 5.87. The lowest BCUT2D eigenvalue weighted by molar-refractivity contribution is -0.137. The standard InChI is InChI=1S/C23H23FN4O2/c1-15-12-17(6-8-25-15)21-20-13-27(23(29)18-7-11-30-14-18)9-10-28(20)26-22(21)16-2-4-19(24)5-3-16/h2-6,8,12,18H,7,9-11,13-14H2,1H3. The number of rotatable bonds is 3. The Kier molecular flexibility index (Phi) is 4.83. The Balaban J connectivity index is 1.59. The molecule has 3 aromatic rings. The molecule has 0 N–H and O–H groups in total. The summed E-state index contributed by atoms with van der Waals surface area (Å²) in [7, 11) is 0. The molecule has 0 spiro atoms. The van der Waals surface area contributed by atoms with Crippen LogP contribution in [-0.2, 0) is 22.6 Å². The van der Waals surface area contributed by atoms with Crippen LogP contribution in [-0.4, -0.2) is 45.3 Å². The van der Waals surface area contributed by atoms with Gasteiger partial charge in [-0.1, -0.05) is 0 Å². The van der Waals surface area contributed by atoms with Gasteiger partial charge >= 0.3 is 0 Å². The molecule has 30 heavy (non-hydrogen) atoms. The summed E-state index contributed by atoms with van der Waals surface area (Å²) in [5.41, 5.74) is 5.54. The largest absolute Gasteiger partial charge is 0.381 e. The normalized spacial score (nSPS) is 18.5. The second kappa shape index (κ2) is 7.65. The lowest BCUT2D eigenvalue weighted by Crippen LogP contribution is -2.42. The Morgan fingerprint density at radius 3 is 2.73 bits per heavy atom. The highest BCUT2D eigenvalue weighted by Gasteiger charge is 2.32. The van der Waals surface area contributed by atoms with Crippen molar-refractivity contribution in [1.29, 1.82) is 0 Å². The number of amides is 1. The molecule has 2 aliphatic rings. The number of carbonyl (C=O) groups excluding carboxylic acids is 1. The van der Waals surface area contributed by atoms with Gasteiger partial charge in [-0.2, -0.15) is 5.10 Å². The Hall–Kier alpha value is -3.06. The Labute approximate surface area is 174 Å². The zero-order chi connectivity index (χ0) is 20.7. The molecule has 7 heteroatoms. The molecule has 1 fully saturated rings. The molecule has 2 aliphatic heterocycles. The van der Waals surface area contributed by atoms with E-state index in [4.69, 9.17) is 9.84 Å². The fourth-order valence-corrected chi connectivity index (χ4v) is 4.31. The minimum atomic E-state index is -0.278. The number of halogens is 1. The van der Waals surface area contributed by atoms with Crippen LogP contribution in [0.25, 0.3) is 22.4 Å². The number of pyridine rings is 1. The summed E-state index contributed by atoms with van der Waals surface area (Å²) in [5.74, 6) is -0.178. The second-order valence-corrected chi connectivity index (χ2v) is 7.91. The molecule has 6 nitrogen and oxygen atoms in total. The summed E-state index contributed by atoms with van der Waals surface area (Å²) >= 11 is 0. The van der Waals surface area contributed by atoms with Gasteiger partial charge in [-0.05, 0) is 55.3 Å². The lowest BCUT2D eigenvalue weighted by atomic mass is 9.98. The van der Waals surface area contributed by atoms with Gasteiger partial charge in [0.15, 0.2) is 0 Å². The van der Waals surface area contributed by atoms with Crippen LogP contribution >= 0.6 is 0 Å². The number of benzene rings is 1. The molecule has 0 aliphatic carbocycles. The molecule has 0 radical (unpaired) electrons. The summed E-state index contributed by atoms with van der Waals surface area (Å²) in [6.45, 7) is 4.87. The summed E-state index contributed by atoms with van der Waals surface area (Å²) in [4.78, 5) is 19.2. The Morgan fingerprint density at radius 1 is 1.17 bits per heavy atom. The highest BCUT2D eigenvalue weighted by atomic mass is 19.1.